The molecular formula is C11H10N6O3S. The molecule has 3 aromatic rings. The van der Waals surface area contributed by atoms with E-state index in [1.807, 2.05) is 13.8 Å². The van der Waals surface area contributed by atoms with Crippen LogP contribution in [0.5, 0.6) is 0 Å². The summed E-state index contributed by atoms with van der Waals surface area (Å²) in [5.74, 6) is -0.758. The number of carboxylic acid groups (broad SMARTS) is 1. The van der Waals surface area contributed by atoms with Crippen molar-refractivity contribution in [3.05, 3.63) is 28.6 Å². The second-order valence-electron chi connectivity index (χ2n) is 4.24. The molecule has 0 amide bonds. The Morgan fingerprint density at radius 2 is 2.29 bits per heavy atom. The summed E-state index contributed by atoms with van der Waals surface area (Å²) in [5, 5.41) is 21.4. The monoisotopic (exact) mass is 306 g/mol. The van der Waals surface area contributed by atoms with Crippen LogP contribution < -0.4 is 0 Å². The third-order valence-corrected chi connectivity index (χ3v) is 3.83. The van der Waals surface area contributed by atoms with Crippen LogP contribution in [0.2, 0.25) is 0 Å². The van der Waals surface area contributed by atoms with E-state index in [1.54, 1.807) is 0 Å². The molecule has 0 atom stereocenters. The lowest BCUT2D eigenvalue weighted by Crippen LogP contribution is -2.07. The van der Waals surface area contributed by atoms with Gasteiger partial charge in [-0.1, -0.05) is 10.4 Å². The van der Waals surface area contributed by atoms with Crippen molar-refractivity contribution < 1.29 is 14.4 Å². The van der Waals surface area contributed by atoms with Crippen LogP contribution in [0.25, 0.3) is 10.6 Å². The Morgan fingerprint density at radius 3 is 2.86 bits per heavy atom. The normalized spacial score (nSPS) is 11.0. The van der Waals surface area contributed by atoms with Gasteiger partial charge in [-0.25, -0.2) is 14.5 Å². The van der Waals surface area contributed by atoms with E-state index in [2.05, 4.69) is 30.0 Å². The van der Waals surface area contributed by atoms with Crippen molar-refractivity contribution in [2.45, 2.75) is 20.4 Å². The fourth-order valence-electron chi connectivity index (χ4n) is 1.94. The average molecular weight is 306 g/mol. The maximum Gasteiger partial charge on any atom is 0.358 e. The standard InChI is InChI=1S/C11H10N6O3S/c1-5-10(21-6(2)13-5)9-8(11(18)19)14-16-17(9)3-7-12-4-20-15-7/h4H,3H2,1-2H3,(H,18,19). The van der Waals surface area contributed by atoms with E-state index in [0.29, 0.717) is 11.5 Å². The van der Waals surface area contributed by atoms with Crippen molar-refractivity contribution in [3.8, 4) is 10.6 Å². The molecule has 0 fully saturated rings. The smallest absolute Gasteiger partial charge is 0.358 e. The van der Waals surface area contributed by atoms with Gasteiger partial charge >= 0.3 is 5.97 Å². The fraction of sp³-hybridized carbons (Fsp3) is 0.273. The van der Waals surface area contributed by atoms with E-state index in [9.17, 15) is 9.90 Å². The minimum Gasteiger partial charge on any atom is -0.476 e. The van der Waals surface area contributed by atoms with Crippen LogP contribution in [0.3, 0.4) is 0 Å². The zero-order valence-electron chi connectivity index (χ0n) is 11.1. The highest BCUT2D eigenvalue weighted by atomic mass is 32.1. The lowest BCUT2D eigenvalue weighted by molar-refractivity contribution is 0.0691. The maximum atomic E-state index is 11.3. The molecule has 3 heterocycles. The Bertz CT molecular complexity index is 791. The predicted octanol–water partition coefficient (Wildman–Crippen LogP) is 1.15. The molecule has 108 valence electrons. The first-order chi connectivity index (χ1) is 10.1. The van der Waals surface area contributed by atoms with Gasteiger partial charge in [-0.2, -0.15) is 4.98 Å². The molecule has 0 aromatic carbocycles. The number of carboxylic acids is 1. The first kappa shape index (κ1) is 13.4. The number of hydrogen-bond donors (Lipinski definition) is 1. The summed E-state index contributed by atoms with van der Waals surface area (Å²) in [6.45, 7) is 3.84. The van der Waals surface area contributed by atoms with Crippen LogP contribution in [0.4, 0.5) is 0 Å². The Hall–Kier alpha value is -2.62. The molecule has 0 radical (unpaired) electrons. The molecule has 0 saturated heterocycles. The van der Waals surface area contributed by atoms with Crippen LogP contribution in [-0.4, -0.2) is 41.2 Å². The van der Waals surface area contributed by atoms with Crippen molar-refractivity contribution in [2.24, 2.45) is 0 Å². The molecule has 0 aliphatic heterocycles. The Morgan fingerprint density at radius 1 is 1.48 bits per heavy atom. The van der Waals surface area contributed by atoms with Gasteiger partial charge in [-0.05, 0) is 13.8 Å². The minimum absolute atomic E-state index is 0.120. The van der Waals surface area contributed by atoms with E-state index >= 15 is 0 Å². The zero-order chi connectivity index (χ0) is 15.0. The Kier molecular flexibility index (Phi) is 3.22. The number of rotatable bonds is 4. The van der Waals surface area contributed by atoms with Gasteiger partial charge in [0.2, 0.25) is 6.39 Å². The van der Waals surface area contributed by atoms with Crippen LogP contribution in [0.15, 0.2) is 10.9 Å². The SMILES string of the molecule is Cc1nc(C)c(-c2c(C(=O)O)nnn2Cc2ncon2)s1. The van der Waals surface area contributed by atoms with E-state index in [0.717, 1.165) is 15.6 Å². The van der Waals surface area contributed by atoms with Crippen LogP contribution in [0.1, 0.15) is 27.0 Å². The van der Waals surface area contributed by atoms with E-state index in [1.165, 1.54) is 22.4 Å². The summed E-state index contributed by atoms with van der Waals surface area (Å²) < 4.78 is 6.10. The highest BCUT2D eigenvalue weighted by molar-refractivity contribution is 7.15. The summed E-state index contributed by atoms with van der Waals surface area (Å²) in [4.78, 5) is 20.3. The molecule has 0 aliphatic rings. The zero-order valence-corrected chi connectivity index (χ0v) is 12.0. The van der Waals surface area contributed by atoms with Crippen LogP contribution in [0, 0.1) is 13.8 Å². The van der Waals surface area contributed by atoms with Gasteiger partial charge in [0.15, 0.2) is 11.5 Å². The molecular weight excluding hydrogens is 296 g/mol. The van der Waals surface area contributed by atoms with Crippen molar-refractivity contribution in [3.63, 3.8) is 0 Å². The van der Waals surface area contributed by atoms with Gasteiger partial charge in [-0.3, -0.25) is 0 Å². The number of aromatic nitrogens is 6. The quantitative estimate of drug-likeness (QED) is 0.762. The summed E-state index contributed by atoms with van der Waals surface area (Å²) >= 11 is 1.39. The van der Waals surface area contributed by atoms with Crippen molar-refractivity contribution in [1.82, 2.24) is 30.1 Å². The number of aromatic carboxylic acids is 1. The molecule has 10 heteroatoms. The molecule has 0 saturated carbocycles. The van der Waals surface area contributed by atoms with Gasteiger partial charge in [0.25, 0.3) is 0 Å². The van der Waals surface area contributed by atoms with Gasteiger partial charge < -0.3 is 9.63 Å². The second-order valence-corrected chi connectivity index (χ2v) is 5.45. The summed E-state index contributed by atoms with van der Waals surface area (Å²) in [7, 11) is 0. The largest absolute Gasteiger partial charge is 0.476 e. The number of hydrogen-bond acceptors (Lipinski definition) is 8. The average Bonchev–Trinajstić information content (AvgIpc) is 3.11. The molecule has 1 N–H and O–H groups in total. The lowest BCUT2D eigenvalue weighted by Gasteiger charge is -2.03. The van der Waals surface area contributed by atoms with Gasteiger partial charge in [0, 0.05) is 0 Å². The van der Waals surface area contributed by atoms with Crippen molar-refractivity contribution in [1.29, 1.82) is 0 Å². The molecule has 0 unspecified atom stereocenters. The Labute approximate surface area is 122 Å². The van der Waals surface area contributed by atoms with Crippen molar-refractivity contribution in [2.75, 3.05) is 0 Å². The first-order valence-corrected chi connectivity index (χ1v) is 6.74. The number of aryl methyl sites for hydroxylation is 2. The number of carbonyl (C=O) groups is 1. The third kappa shape index (κ3) is 2.40. The molecule has 9 nitrogen and oxygen atoms in total. The molecule has 21 heavy (non-hydrogen) atoms. The molecule has 3 aromatic heterocycles. The van der Waals surface area contributed by atoms with Crippen LogP contribution >= 0.6 is 11.3 Å². The minimum atomic E-state index is -1.14. The highest BCUT2D eigenvalue weighted by Crippen LogP contribution is 2.31. The molecule has 3 rings (SSSR count). The van der Waals surface area contributed by atoms with E-state index < -0.39 is 5.97 Å². The topological polar surface area (TPSA) is 120 Å². The summed E-state index contributed by atoms with van der Waals surface area (Å²) in [6.07, 6.45) is 1.20. The summed E-state index contributed by atoms with van der Waals surface area (Å²) in [5.41, 5.74) is 1.01. The molecule has 0 aliphatic carbocycles. The predicted molar refractivity (Wildman–Crippen MR) is 71.0 cm³/mol. The third-order valence-electron chi connectivity index (χ3n) is 2.75. The highest BCUT2D eigenvalue weighted by Gasteiger charge is 2.24. The van der Waals surface area contributed by atoms with Gasteiger partial charge in [0.05, 0.1) is 15.6 Å². The van der Waals surface area contributed by atoms with E-state index in [4.69, 9.17) is 0 Å². The van der Waals surface area contributed by atoms with Gasteiger partial charge in [0.1, 0.15) is 12.2 Å². The first-order valence-electron chi connectivity index (χ1n) is 5.92. The van der Waals surface area contributed by atoms with Gasteiger partial charge in [-0.15, -0.1) is 16.4 Å². The molecule has 0 spiro atoms. The van der Waals surface area contributed by atoms with Crippen molar-refractivity contribution >= 4 is 17.3 Å². The lowest BCUT2D eigenvalue weighted by atomic mass is 10.2. The number of thiazole rings is 1. The van der Waals surface area contributed by atoms with E-state index in [-0.39, 0.29) is 12.2 Å². The number of nitrogens with zero attached hydrogens (tertiary/aromatic N) is 6. The molecule has 0 bridgehead atoms. The maximum absolute atomic E-state index is 11.3. The Balaban J connectivity index is 2.13. The fourth-order valence-corrected chi connectivity index (χ4v) is 2.91. The van der Waals surface area contributed by atoms with Crippen LogP contribution in [-0.2, 0) is 6.54 Å². The summed E-state index contributed by atoms with van der Waals surface area (Å²) in [6, 6.07) is 0. The second kappa shape index (κ2) is 5.05.